The average molecular weight is 675 g/mol. The van der Waals surface area contributed by atoms with Gasteiger partial charge in [-0.25, -0.2) is 22.9 Å². The molecule has 3 aromatic rings. The molecule has 0 saturated carbocycles. The summed E-state index contributed by atoms with van der Waals surface area (Å²) in [6.07, 6.45) is 3.07. The number of sulfonamides is 1. The predicted octanol–water partition coefficient (Wildman–Crippen LogP) is 6.66. The number of anilines is 1. The number of benzene rings is 2. The monoisotopic (exact) mass is 674 g/mol. The third-order valence-corrected chi connectivity index (χ3v) is 9.16. The minimum atomic E-state index is -4.21. The Hall–Kier alpha value is -3.25. The summed E-state index contributed by atoms with van der Waals surface area (Å²) in [4.78, 5) is 20.2. The first kappa shape index (κ1) is 37.2. The molecule has 2 aromatic carbocycles. The van der Waals surface area contributed by atoms with Crippen LogP contribution in [0.5, 0.6) is 5.88 Å². The number of hydrogen-bond donors (Lipinski definition) is 3. The second-order valence-electron chi connectivity index (χ2n) is 13.9. The van der Waals surface area contributed by atoms with Crippen molar-refractivity contribution in [1.29, 1.82) is 0 Å². The summed E-state index contributed by atoms with van der Waals surface area (Å²) in [6, 6.07) is 12.7. The van der Waals surface area contributed by atoms with Crippen LogP contribution < -0.4 is 14.8 Å². The number of nitrogens with one attached hydrogen (secondary N) is 2. The Bertz CT molecular complexity index is 1590. The Morgan fingerprint density at radius 2 is 1.78 bits per heavy atom. The van der Waals surface area contributed by atoms with Crippen LogP contribution in [0.15, 0.2) is 53.4 Å². The van der Waals surface area contributed by atoms with E-state index < -0.39 is 16.0 Å². The first-order valence-corrected chi connectivity index (χ1v) is 16.8. The minimum Gasteiger partial charge on any atom is -0.478 e. The highest BCUT2D eigenvalue weighted by molar-refractivity contribution is 7.92. The third kappa shape index (κ3) is 10.4. The van der Waals surface area contributed by atoms with Crippen LogP contribution in [0.4, 0.5) is 5.95 Å². The van der Waals surface area contributed by atoms with Gasteiger partial charge in [0.2, 0.25) is 11.8 Å². The third-order valence-electron chi connectivity index (χ3n) is 7.84. The molecule has 0 bridgehead atoms. The first-order valence-electron chi connectivity index (χ1n) is 15.3. The van der Waals surface area contributed by atoms with E-state index in [-0.39, 0.29) is 57.7 Å². The first-order chi connectivity index (χ1) is 21.0. The van der Waals surface area contributed by atoms with Gasteiger partial charge < -0.3 is 19.9 Å². The molecule has 46 heavy (non-hydrogen) atoms. The van der Waals surface area contributed by atoms with Gasteiger partial charge in [0.05, 0.1) is 28.9 Å². The standard InChI is InChI=1S/C34H46N4O6S.ClH/c1-22-10-8-11-23(2)30(22)28-17-29(37-32(36-28)38-45(41,42)27-13-9-12-24(16-27)31(39)40)43-20-25(18-33(3,4)5)35-19-26-14-15-34(6,7)21-44-26;/h8-13,16-17,25-26,35H,14-15,18-21H2,1-7H3,(H,39,40)(H,36,37,38);1H/t25-,26?;/m1./s1. The molecule has 1 aliphatic rings. The van der Waals surface area contributed by atoms with Crippen LogP contribution in [0.25, 0.3) is 11.3 Å². The molecule has 10 nitrogen and oxygen atoms in total. The maximum absolute atomic E-state index is 13.3. The van der Waals surface area contributed by atoms with Crippen molar-refractivity contribution in [2.45, 2.75) is 84.8 Å². The van der Waals surface area contributed by atoms with Crippen LogP contribution in [0.2, 0.25) is 0 Å². The molecule has 3 N–H and O–H groups in total. The fourth-order valence-corrected chi connectivity index (χ4v) is 6.48. The summed E-state index contributed by atoms with van der Waals surface area (Å²) in [5.41, 5.74) is 3.36. The molecule has 1 fully saturated rings. The van der Waals surface area contributed by atoms with E-state index in [1.807, 2.05) is 32.0 Å². The molecule has 1 aromatic heterocycles. The molecule has 2 atom stereocenters. The fraction of sp³-hybridized carbons (Fsp3) is 0.500. The Labute approximate surface area is 279 Å². The summed E-state index contributed by atoms with van der Waals surface area (Å²) < 4.78 is 41.5. The highest BCUT2D eigenvalue weighted by atomic mass is 35.5. The number of nitrogens with zero attached hydrogens (tertiary/aromatic N) is 2. The van der Waals surface area contributed by atoms with Gasteiger partial charge in [-0.2, -0.15) is 4.98 Å². The topological polar surface area (TPSA) is 140 Å². The second-order valence-corrected chi connectivity index (χ2v) is 15.6. The van der Waals surface area contributed by atoms with E-state index in [1.54, 1.807) is 6.07 Å². The lowest BCUT2D eigenvalue weighted by molar-refractivity contribution is -0.0483. The van der Waals surface area contributed by atoms with Gasteiger partial charge >= 0.3 is 5.97 Å². The molecule has 0 radical (unpaired) electrons. The molecule has 1 saturated heterocycles. The van der Waals surface area contributed by atoms with Gasteiger partial charge in [0, 0.05) is 24.2 Å². The van der Waals surface area contributed by atoms with Crippen LogP contribution in [-0.2, 0) is 14.8 Å². The van der Waals surface area contributed by atoms with Crippen molar-refractivity contribution >= 4 is 34.3 Å². The van der Waals surface area contributed by atoms with Gasteiger partial charge in [-0.15, -0.1) is 12.4 Å². The van der Waals surface area contributed by atoms with Crippen LogP contribution in [0.3, 0.4) is 0 Å². The molecule has 0 amide bonds. The predicted molar refractivity (Wildman–Crippen MR) is 183 cm³/mol. The average Bonchev–Trinajstić information content (AvgIpc) is 2.94. The summed E-state index contributed by atoms with van der Waals surface area (Å²) in [6.45, 7) is 16.6. The maximum Gasteiger partial charge on any atom is 0.335 e. The number of aryl methyl sites for hydroxylation is 2. The molecule has 2 heterocycles. The number of carboxylic acid groups (broad SMARTS) is 1. The van der Waals surface area contributed by atoms with Gasteiger partial charge in [-0.1, -0.05) is 58.9 Å². The second kappa shape index (κ2) is 15.1. The van der Waals surface area contributed by atoms with Gasteiger partial charge in [0.15, 0.2) is 0 Å². The summed E-state index contributed by atoms with van der Waals surface area (Å²) in [5.74, 6) is -1.19. The quantitative estimate of drug-likeness (QED) is 0.192. The lowest BCUT2D eigenvalue weighted by Gasteiger charge is -2.35. The van der Waals surface area contributed by atoms with Crippen molar-refractivity contribution in [1.82, 2.24) is 15.3 Å². The maximum atomic E-state index is 13.3. The number of carbonyl (C=O) groups is 1. The van der Waals surface area contributed by atoms with Gasteiger partial charge in [0.25, 0.3) is 10.0 Å². The Morgan fingerprint density at radius 1 is 1.11 bits per heavy atom. The Morgan fingerprint density at radius 3 is 2.39 bits per heavy atom. The van der Waals surface area contributed by atoms with E-state index >= 15 is 0 Å². The van der Waals surface area contributed by atoms with Crippen molar-refractivity contribution in [3.63, 3.8) is 0 Å². The molecule has 0 spiro atoms. The van der Waals surface area contributed by atoms with Crippen molar-refractivity contribution in [3.8, 4) is 17.1 Å². The molecule has 1 unspecified atom stereocenters. The van der Waals surface area contributed by atoms with Crippen LogP contribution >= 0.6 is 12.4 Å². The zero-order valence-electron chi connectivity index (χ0n) is 27.7. The molecular weight excluding hydrogens is 628 g/mol. The number of ether oxygens (including phenoxy) is 2. The van der Waals surface area contributed by atoms with Crippen LogP contribution in [-0.4, -0.2) is 61.4 Å². The van der Waals surface area contributed by atoms with E-state index in [4.69, 9.17) is 9.47 Å². The highest BCUT2D eigenvalue weighted by Crippen LogP contribution is 2.31. The van der Waals surface area contributed by atoms with Crippen molar-refractivity contribution in [3.05, 3.63) is 65.2 Å². The molecule has 0 aliphatic carbocycles. The zero-order chi connectivity index (χ0) is 33.0. The minimum absolute atomic E-state index is 0. The molecule has 4 rings (SSSR count). The van der Waals surface area contributed by atoms with E-state index in [0.29, 0.717) is 18.8 Å². The largest absolute Gasteiger partial charge is 0.478 e. The Balaban J connectivity index is 0.00000576. The van der Waals surface area contributed by atoms with Crippen molar-refractivity contribution in [2.24, 2.45) is 10.8 Å². The lowest BCUT2D eigenvalue weighted by Crippen LogP contribution is -2.44. The fourth-order valence-electron chi connectivity index (χ4n) is 5.49. The highest BCUT2D eigenvalue weighted by Gasteiger charge is 2.29. The number of hydrogen-bond acceptors (Lipinski definition) is 8. The summed E-state index contributed by atoms with van der Waals surface area (Å²) >= 11 is 0. The van der Waals surface area contributed by atoms with Gasteiger partial charge in [-0.3, -0.25) is 0 Å². The zero-order valence-corrected chi connectivity index (χ0v) is 29.3. The van der Waals surface area contributed by atoms with Crippen molar-refractivity contribution < 1.29 is 27.8 Å². The summed E-state index contributed by atoms with van der Waals surface area (Å²) in [5, 5.41) is 13.0. The summed E-state index contributed by atoms with van der Waals surface area (Å²) in [7, 11) is -4.21. The van der Waals surface area contributed by atoms with Gasteiger partial charge in [0.1, 0.15) is 6.61 Å². The smallest absolute Gasteiger partial charge is 0.335 e. The molecule has 252 valence electrons. The van der Waals surface area contributed by atoms with Gasteiger partial charge in [-0.05, 0) is 73.3 Å². The normalized spacial score (nSPS) is 17.1. The number of halogens is 1. The van der Waals surface area contributed by atoms with Crippen molar-refractivity contribution in [2.75, 3.05) is 24.5 Å². The number of carboxylic acids is 1. The number of aromatic nitrogens is 2. The number of rotatable bonds is 12. The van der Waals surface area contributed by atoms with E-state index in [1.165, 1.54) is 18.2 Å². The molecule has 12 heteroatoms. The van der Waals surface area contributed by atoms with E-state index in [0.717, 1.165) is 48.6 Å². The molecule has 1 aliphatic heterocycles. The van der Waals surface area contributed by atoms with E-state index in [9.17, 15) is 18.3 Å². The van der Waals surface area contributed by atoms with E-state index in [2.05, 4.69) is 54.6 Å². The molecular formula is C34H47ClN4O6S. The Kier molecular flexibility index (Phi) is 12.2. The lowest BCUT2D eigenvalue weighted by atomic mass is 9.85. The number of aromatic carboxylic acids is 1. The van der Waals surface area contributed by atoms with Crippen LogP contribution in [0.1, 0.15) is 75.4 Å². The SMILES string of the molecule is Cc1cccc(C)c1-c1cc(OC[C@@H](CC(C)(C)C)NCC2CCC(C)(C)CO2)nc(NS(=O)(=O)c2cccc(C(=O)O)c2)n1.Cl. The van der Waals surface area contributed by atoms with Crippen LogP contribution in [0, 0.1) is 24.7 Å².